The fourth-order valence-corrected chi connectivity index (χ4v) is 1.43. The standard InChI is InChI=1S/C10H7F6N3O2.2C2H6/c11-9(12,13)4-1-5(10(14,15)16)7(20)6(2-4)19(3-17)8(18)21;2*1-2/h1-3,17,20H,(H2,18,21);2*1-2H3. The van der Waals surface area contributed by atoms with Crippen LogP contribution in [0.15, 0.2) is 12.1 Å². The molecule has 0 bridgehead atoms. The van der Waals surface area contributed by atoms with E-state index in [0.717, 1.165) is 0 Å². The topological polar surface area (TPSA) is 90.4 Å². The second kappa shape index (κ2) is 9.74. The number of halogens is 6. The number of alkyl halides is 6. The van der Waals surface area contributed by atoms with Crippen LogP contribution in [0, 0.1) is 5.41 Å². The summed E-state index contributed by atoms with van der Waals surface area (Å²) in [6, 6.07) is -1.75. The SMILES string of the molecule is CC.CC.N=CN(C(N)=O)c1cc(C(F)(F)F)cc(C(F)(F)F)c1O. The van der Waals surface area contributed by atoms with Gasteiger partial charge in [0.1, 0.15) is 5.56 Å². The fraction of sp³-hybridized carbons (Fsp3) is 0.429. The monoisotopic (exact) mass is 375 g/mol. The molecule has 144 valence electrons. The molecule has 0 aliphatic heterocycles. The molecule has 0 aliphatic rings. The first-order valence-electron chi connectivity index (χ1n) is 7.00. The van der Waals surface area contributed by atoms with E-state index in [4.69, 9.17) is 11.1 Å². The van der Waals surface area contributed by atoms with Gasteiger partial charge in [-0.05, 0) is 12.1 Å². The molecule has 1 aromatic carbocycles. The summed E-state index contributed by atoms with van der Waals surface area (Å²) in [6.07, 6.45) is -10.4. The summed E-state index contributed by atoms with van der Waals surface area (Å²) in [4.78, 5) is 10.9. The number of nitrogens with one attached hydrogen (secondary N) is 1. The number of amides is 2. The maximum atomic E-state index is 12.6. The predicted octanol–water partition coefficient (Wildman–Crippen LogP) is 4.97. The Labute approximate surface area is 140 Å². The van der Waals surface area contributed by atoms with E-state index in [1.807, 2.05) is 27.7 Å². The van der Waals surface area contributed by atoms with Crippen LogP contribution in [0.5, 0.6) is 5.75 Å². The molecule has 0 saturated heterocycles. The van der Waals surface area contributed by atoms with E-state index < -0.39 is 40.9 Å². The summed E-state index contributed by atoms with van der Waals surface area (Å²) < 4.78 is 75.7. The number of primary amides is 1. The average Bonchev–Trinajstić information content (AvgIpc) is 2.51. The number of hydrogen-bond donors (Lipinski definition) is 3. The maximum Gasteiger partial charge on any atom is 0.420 e. The van der Waals surface area contributed by atoms with Crippen molar-refractivity contribution < 1.29 is 36.2 Å². The highest BCUT2D eigenvalue weighted by Crippen LogP contribution is 2.44. The molecule has 0 spiro atoms. The molecular weight excluding hydrogens is 356 g/mol. The van der Waals surface area contributed by atoms with Crippen LogP contribution in [-0.2, 0) is 12.4 Å². The van der Waals surface area contributed by atoms with Gasteiger partial charge in [0, 0.05) is 0 Å². The lowest BCUT2D eigenvalue weighted by molar-refractivity contribution is -0.143. The van der Waals surface area contributed by atoms with Crippen LogP contribution in [0.25, 0.3) is 0 Å². The van der Waals surface area contributed by atoms with Gasteiger partial charge in [0.05, 0.1) is 17.6 Å². The van der Waals surface area contributed by atoms with Crippen molar-refractivity contribution in [2.45, 2.75) is 40.0 Å². The Bertz CT molecular complexity index is 585. The van der Waals surface area contributed by atoms with Crippen molar-refractivity contribution in [2.75, 3.05) is 4.90 Å². The number of urea groups is 1. The maximum absolute atomic E-state index is 12.6. The zero-order chi connectivity index (χ0) is 20.6. The number of phenolic OH excluding ortho intramolecular Hbond substituents is 1. The van der Waals surface area contributed by atoms with Gasteiger partial charge in [0.15, 0.2) is 5.75 Å². The van der Waals surface area contributed by atoms with Crippen LogP contribution < -0.4 is 10.6 Å². The number of rotatable bonds is 2. The molecule has 0 aliphatic carbocycles. The molecule has 0 saturated carbocycles. The third-order valence-electron chi connectivity index (χ3n) is 2.35. The minimum absolute atomic E-state index is 0.0557. The van der Waals surface area contributed by atoms with Crippen molar-refractivity contribution in [3.05, 3.63) is 23.3 Å². The van der Waals surface area contributed by atoms with E-state index >= 15 is 0 Å². The van der Waals surface area contributed by atoms with Crippen LogP contribution in [0.4, 0.5) is 36.8 Å². The third kappa shape index (κ3) is 6.51. The number of nitrogens with zero attached hydrogens (tertiary/aromatic N) is 1. The number of carbonyl (C=O) groups excluding carboxylic acids is 1. The minimum atomic E-state index is -5.30. The number of anilines is 1. The molecule has 2 amide bonds. The molecule has 0 atom stereocenters. The van der Waals surface area contributed by atoms with Gasteiger partial charge in [-0.1, -0.05) is 27.7 Å². The molecule has 0 unspecified atom stereocenters. The molecule has 4 N–H and O–H groups in total. The summed E-state index contributed by atoms with van der Waals surface area (Å²) in [5, 5.41) is 16.2. The second-order valence-corrected chi connectivity index (χ2v) is 3.72. The molecule has 1 aromatic rings. The molecule has 25 heavy (non-hydrogen) atoms. The van der Waals surface area contributed by atoms with Crippen molar-refractivity contribution in [1.29, 1.82) is 5.41 Å². The van der Waals surface area contributed by atoms with Crippen molar-refractivity contribution in [2.24, 2.45) is 5.73 Å². The van der Waals surface area contributed by atoms with Gasteiger partial charge >= 0.3 is 18.4 Å². The van der Waals surface area contributed by atoms with Crippen molar-refractivity contribution in [3.63, 3.8) is 0 Å². The summed E-state index contributed by atoms with van der Waals surface area (Å²) in [7, 11) is 0. The largest absolute Gasteiger partial charge is 0.505 e. The molecule has 0 fully saturated rings. The second-order valence-electron chi connectivity index (χ2n) is 3.72. The lowest BCUT2D eigenvalue weighted by Gasteiger charge is -2.21. The number of hydrogen-bond acceptors (Lipinski definition) is 3. The van der Waals surface area contributed by atoms with Gasteiger partial charge in [0.2, 0.25) is 0 Å². The first-order chi connectivity index (χ1) is 11.4. The Kier molecular flexibility index (Phi) is 9.66. The number of benzene rings is 1. The van der Waals surface area contributed by atoms with Crippen LogP contribution in [0.1, 0.15) is 38.8 Å². The molecular formula is C14H19F6N3O2. The highest BCUT2D eigenvalue weighted by atomic mass is 19.4. The molecule has 5 nitrogen and oxygen atoms in total. The molecule has 0 radical (unpaired) electrons. The Balaban J connectivity index is 0. The third-order valence-corrected chi connectivity index (χ3v) is 2.35. The van der Waals surface area contributed by atoms with Crippen LogP contribution in [-0.4, -0.2) is 17.5 Å². The van der Waals surface area contributed by atoms with Crippen molar-refractivity contribution >= 4 is 18.1 Å². The lowest BCUT2D eigenvalue weighted by Crippen LogP contribution is -2.34. The van der Waals surface area contributed by atoms with Crippen molar-refractivity contribution in [3.8, 4) is 5.75 Å². The Hall–Kier alpha value is -2.46. The normalized spacial score (nSPS) is 10.6. The average molecular weight is 375 g/mol. The van der Waals surface area contributed by atoms with Crippen molar-refractivity contribution in [1.82, 2.24) is 0 Å². The van der Waals surface area contributed by atoms with E-state index in [1.165, 1.54) is 0 Å². The van der Waals surface area contributed by atoms with E-state index in [0.29, 0.717) is 0 Å². The first kappa shape index (κ1) is 24.8. The fourth-order valence-electron chi connectivity index (χ4n) is 1.43. The van der Waals surface area contributed by atoms with Gasteiger partial charge < -0.3 is 10.8 Å². The Morgan fingerprint density at radius 2 is 1.52 bits per heavy atom. The summed E-state index contributed by atoms with van der Waals surface area (Å²) in [6.45, 7) is 8.00. The van der Waals surface area contributed by atoms with Gasteiger partial charge in [0.25, 0.3) is 0 Å². The van der Waals surface area contributed by atoms with E-state index in [2.05, 4.69) is 0 Å². The minimum Gasteiger partial charge on any atom is -0.505 e. The van der Waals surface area contributed by atoms with E-state index in [-0.39, 0.29) is 23.4 Å². The van der Waals surface area contributed by atoms with Gasteiger partial charge in [-0.2, -0.15) is 26.3 Å². The highest BCUT2D eigenvalue weighted by molar-refractivity contribution is 6.07. The molecule has 11 heteroatoms. The molecule has 1 rings (SSSR count). The van der Waals surface area contributed by atoms with Gasteiger partial charge in [-0.25, -0.2) is 4.79 Å². The molecule has 0 aromatic heterocycles. The number of nitrogens with two attached hydrogens (primary N) is 1. The smallest absolute Gasteiger partial charge is 0.420 e. The highest BCUT2D eigenvalue weighted by Gasteiger charge is 2.40. The quantitative estimate of drug-likeness (QED) is 0.387. The summed E-state index contributed by atoms with van der Waals surface area (Å²) >= 11 is 0. The predicted molar refractivity (Wildman–Crippen MR) is 81.7 cm³/mol. The van der Waals surface area contributed by atoms with Gasteiger partial charge in [-0.3, -0.25) is 10.3 Å². The lowest BCUT2D eigenvalue weighted by atomic mass is 10.1. The zero-order valence-electron chi connectivity index (χ0n) is 13.9. The molecule has 0 heterocycles. The van der Waals surface area contributed by atoms with Crippen LogP contribution in [0.2, 0.25) is 0 Å². The summed E-state index contributed by atoms with van der Waals surface area (Å²) in [5.41, 5.74) is -0.220. The zero-order valence-corrected chi connectivity index (χ0v) is 13.9. The van der Waals surface area contributed by atoms with Crippen LogP contribution >= 0.6 is 0 Å². The Morgan fingerprint density at radius 1 is 1.08 bits per heavy atom. The van der Waals surface area contributed by atoms with Crippen LogP contribution in [0.3, 0.4) is 0 Å². The van der Waals surface area contributed by atoms with E-state index in [9.17, 15) is 36.2 Å². The van der Waals surface area contributed by atoms with Gasteiger partial charge in [-0.15, -0.1) is 0 Å². The number of carbonyl (C=O) groups is 1. The first-order valence-corrected chi connectivity index (χ1v) is 7.00. The number of phenols is 1. The Morgan fingerprint density at radius 3 is 1.80 bits per heavy atom. The number of aromatic hydroxyl groups is 1. The summed E-state index contributed by atoms with van der Waals surface area (Å²) in [5.74, 6) is -1.64. The van der Waals surface area contributed by atoms with E-state index in [1.54, 1.807) is 0 Å².